The maximum Gasteiger partial charge on any atom is 0.0608 e. The van der Waals surface area contributed by atoms with Crippen molar-refractivity contribution in [1.29, 1.82) is 0 Å². The van der Waals surface area contributed by atoms with E-state index in [1.807, 2.05) is 0 Å². The van der Waals surface area contributed by atoms with Crippen LogP contribution in [0.2, 0.25) is 0 Å². The van der Waals surface area contributed by atoms with Crippen molar-refractivity contribution in [3.8, 4) is 0 Å². The Morgan fingerprint density at radius 3 is 2.37 bits per heavy atom. The van der Waals surface area contributed by atoms with E-state index < -0.39 is 0 Å². The first-order valence-corrected chi connectivity index (χ1v) is 8.69. The molecule has 0 saturated heterocycles. The molecule has 0 aromatic heterocycles. The molecule has 0 bridgehead atoms. The van der Waals surface area contributed by atoms with Crippen molar-refractivity contribution in [2.75, 3.05) is 0 Å². The lowest BCUT2D eigenvalue weighted by atomic mass is 9.77. The third-order valence-corrected chi connectivity index (χ3v) is 5.21. The van der Waals surface area contributed by atoms with Gasteiger partial charge in [0.25, 0.3) is 0 Å². The Hall–Kier alpha value is -0.0900. The lowest BCUT2D eigenvalue weighted by Gasteiger charge is -2.31. The third kappa shape index (κ3) is 4.75. The molecule has 0 radical (unpaired) electrons. The fourth-order valence-corrected chi connectivity index (χ4v) is 3.66. The predicted molar refractivity (Wildman–Crippen MR) is 89.2 cm³/mol. The zero-order valence-corrected chi connectivity index (χ0v) is 14.0. The van der Waals surface area contributed by atoms with Gasteiger partial charge in [-0.05, 0) is 71.4 Å². The molecule has 19 heavy (non-hydrogen) atoms. The van der Waals surface area contributed by atoms with Gasteiger partial charge < -0.3 is 5.11 Å². The molecule has 0 aliphatic heterocycles. The Balaban J connectivity index is 1.81. The summed E-state index contributed by atoms with van der Waals surface area (Å²) >= 11 is 2.32. The molecule has 0 heterocycles. The fraction of sp³-hybridized carbons (Fsp3) is 0.647. The highest BCUT2D eigenvalue weighted by Crippen LogP contribution is 2.34. The minimum atomic E-state index is -0.150. The Kier molecular flexibility index (Phi) is 6.14. The summed E-state index contributed by atoms with van der Waals surface area (Å²) in [6.07, 6.45) is 8.43. The summed E-state index contributed by atoms with van der Waals surface area (Å²) in [6, 6.07) is 8.54. The van der Waals surface area contributed by atoms with Crippen LogP contribution in [-0.2, 0) is 6.42 Å². The van der Waals surface area contributed by atoms with Crippen molar-refractivity contribution in [3.63, 3.8) is 0 Å². The number of halogens is 1. The maximum absolute atomic E-state index is 10.4. The molecular weight excluding hydrogens is 347 g/mol. The first-order valence-electron chi connectivity index (χ1n) is 7.61. The van der Waals surface area contributed by atoms with Crippen molar-refractivity contribution >= 4 is 22.6 Å². The summed E-state index contributed by atoms with van der Waals surface area (Å²) in [5.74, 6) is 1.44. The van der Waals surface area contributed by atoms with E-state index in [1.54, 1.807) is 0 Å². The van der Waals surface area contributed by atoms with Gasteiger partial charge in [0.05, 0.1) is 6.10 Å². The van der Waals surface area contributed by atoms with E-state index in [9.17, 15) is 5.11 Å². The van der Waals surface area contributed by atoms with E-state index in [-0.39, 0.29) is 6.10 Å². The first-order chi connectivity index (χ1) is 9.19. The second-order valence-corrected chi connectivity index (χ2v) is 7.21. The molecule has 1 aliphatic carbocycles. The molecule has 1 unspecified atom stereocenters. The van der Waals surface area contributed by atoms with Gasteiger partial charge in [-0.3, -0.25) is 0 Å². The topological polar surface area (TPSA) is 20.2 Å². The Morgan fingerprint density at radius 1 is 1.16 bits per heavy atom. The van der Waals surface area contributed by atoms with E-state index >= 15 is 0 Å². The second kappa shape index (κ2) is 7.63. The first kappa shape index (κ1) is 15.3. The van der Waals surface area contributed by atoms with Crippen LogP contribution in [0, 0.1) is 15.4 Å². The highest BCUT2D eigenvalue weighted by atomic mass is 127. The fourth-order valence-electron chi connectivity index (χ4n) is 3.30. The molecule has 2 heteroatoms. The Morgan fingerprint density at radius 2 is 1.79 bits per heavy atom. The third-order valence-electron chi connectivity index (χ3n) is 4.49. The summed E-state index contributed by atoms with van der Waals surface area (Å²) in [7, 11) is 0. The number of hydrogen-bond donors (Lipinski definition) is 1. The number of aliphatic hydroxyl groups is 1. The molecule has 106 valence electrons. The van der Waals surface area contributed by atoms with Crippen LogP contribution < -0.4 is 0 Å². The number of benzene rings is 1. The molecule has 1 aromatic rings. The normalized spacial score (nSPS) is 25.2. The molecule has 2 rings (SSSR count). The summed E-state index contributed by atoms with van der Waals surface area (Å²) in [6.45, 7) is 2.28. The molecule has 1 nitrogen and oxygen atoms in total. The smallest absolute Gasteiger partial charge is 0.0608 e. The van der Waals surface area contributed by atoms with Gasteiger partial charge in [0.1, 0.15) is 0 Å². The summed E-state index contributed by atoms with van der Waals surface area (Å²) in [5.41, 5.74) is 1.27. The minimum Gasteiger partial charge on any atom is -0.392 e. The Bertz CT molecular complexity index is 365. The van der Waals surface area contributed by atoms with E-state index in [0.717, 1.165) is 12.3 Å². The van der Waals surface area contributed by atoms with Crippen molar-refractivity contribution < 1.29 is 5.11 Å². The molecular formula is C17H25IO. The van der Waals surface area contributed by atoms with Crippen molar-refractivity contribution in [2.24, 2.45) is 11.8 Å². The highest BCUT2D eigenvalue weighted by Gasteiger charge is 2.25. The molecule has 1 atom stereocenters. The van der Waals surface area contributed by atoms with Gasteiger partial charge >= 0.3 is 0 Å². The van der Waals surface area contributed by atoms with Crippen LogP contribution in [0.3, 0.4) is 0 Å². The molecule has 1 fully saturated rings. The van der Waals surface area contributed by atoms with E-state index in [4.69, 9.17) is 0 Å². The number of rotatable bonds is 5. The van der Waals surface area contributed by atoms with Crippen LogP contribution in [0.25, 0.3) is 0 Å². The zero-order valence-electron chi connectivity index (χ0n) is 11.8. The lowest BCUT2D eigenvalue weighted by Crippen LogP contribution is -2.27. The average Bonchev–Trinajstić information content (AvgIpc) is 2.42. The van der Waals surface area contributed by atoms with Crippen LogP contribution in [-0.4, -0.2) is 11.2 Å². The quantitative estimate of drug-likeness (QED) is 0.736. The Labute approximate surface area is 130 Å². The van der Waals surface area contributed by atoms with Gasteiger partial charge in [0, 0.05) is 3.57 Å². The lowest BCUT2D eigenvalue weighted by molar-refractivity contribution is 0.0728. The highest BCUT2D eigenvalue weighted by molar-refractivity contribution is 14.1. The van der Waals surface area contributed by atoms with Crippen LogP contribution in [0.1, 0.15) is 51.0 Å². The largest absolute Gasteiger partial charge is 0.392 e. The van der Waals surface area contributed by atoms with Gasteiger partial charge in [-0.15, -0.1) is 0 Å². The van der Waals surface area contributed by atoms with Gasteiger partial charge in [-0.25, -0.2) is 0 Å². The maximum atomic E-state index is 10.4. The van der Waals surface area contributed by atoms with Gasteiger partial charge in [-0.2, -0.15) is 0 Å². The van der Waals surface area contributed by atoms with Crippen molar-refractivity contribution in [3.05, 3.63) is 33.4 Å². The minimum absolute atomic E-state index is 0.150. The zero-order chi connectivity index (χ0) is 13.7. The number of hydrogen-bond acceptors (Lipinski definition) is 1. The van der Waals surface area contributed by atoms with E-state index in [2.05, 4.69) is 53.8 Å². The molecule has 0 amide bonds. The van der Waals surface area contributed by atoms with Crippen molar-refractivity contribution in [2.45, 2.75) is 58.0 Å². The van der Waals surface area contributed by atoms with Gasteiger partial charge in [0.15, 0.2) is 0 Å². The molecule has 1 aromatic carbocycles. The average molecular weight is 372 g/mol. The van der Waals surface area contributed by atoms with Crippen molar-refractivity contribution in [1.82, 2.24) is 0 Å². The molecule has 1 saturated carbocycles. The second-order valence-electron chi connectivity index (χ2n) is 5.97. The van der Waals surface area contributed by atoms with E-state index in [1.165, 1.54) is 47.7 Å². The van der Waals surface area contributed by atoms with Gasteiger partial charge in [0.2, 0.25) is 0 Å². The monoisotopic (exact) mass is 372 g/mol. The SMILES string of the molecule is CCCC1CCC(C(O)Cc2ccc(I)cc2)CC1. The van der Waals surface area contributed by atoms with Crippen LogP contribution in [0.15, 0.2) is 24.3 Å². The predicted octanol–water partition coefficient (Wildman–Crippen LogP) is 4.80. The molecule has 0 spiro atoms. The molecule has 1 N–H and O–H groups in total. The summed E-state index contributed by atoms with van der Waals surface area (Å²) in [5, 5.41) is 10.4. The number of aliphatic hydroxyl groups excluding tert-OH is 1. The van der Waals surface area contributed by atoms with E-state index in [0.29, 0.717) is 5.92 Å². The molecule has 1 aliphatic rings. The summed E-state index contributed by atoms with van der Waals surface area (Å²) < 4.78 is 1.26. The van der Waals surface area contributed by atoms with Crippen LogP contribution >= 0.6 is 22.6 Å². The van der Waals surface area contributed by atoms with Gasteiger partial charge in [-0.1, -0.05) is 44.7 Å². The van der Waals surface area contributed by atoms with Crippen LogP contribution in [0.5, 0.6) is 0 Å². The standard InChI is InChI=1S/C17H25IO/c1-2-3-13-4-8-15(9-5-13)17(19)12-14-6-10-16(18)11-7-14/h6-7,10-11,13,15,17,19H,2-5,8-9,12H2,1H3. The summed E-state index contributed by atoms with van der Waals surface area (Å²) in [4.78, 5) is 0. The van der Waals surface area contributed by atoms with Crippen LogP contribution in [0.4, 0.5) is 0 Å².